The Balaban J connectivity index is 1.53. The summed E-state index contributed by atoms with van der Waals surface area (Å²) in [6.45, 7) is 4.96. The van der Waals surface area contributed by atoms with E-state index in [9.17, 15) is 9.59 Å². The average molecular weight is 489 g/mol. The molecule has 5 heterocycles. The number of anilines is 1. The second kappa shape index (κ2) is 8.47. The molecule has 9 nitrogen and oxygen atoms in total. The van der Waals surface area contributed by atoms with Crippen LogP contribution in [0.25, 0.3) is 26.1 Å². The number of para-hydroxylation sites is 1. The zero-order valence-electron chi connectivity index (χ0n) is 19.4. The number of carbonyl (C=O) groups is 1. The summed E-state index contributed by atoms with van der Waals surface area (Å²) in [6, 6.07) is 13.5. The van der Waals surface area contributed by atoms with Crippen LogP contribution in [0.1, 0.15) is 21.7 Å². The van der Waals surface area contributed by atoms with E-state index in [1.54, 1.807) is 10.7 Å². The minimum atomic E-state index is -0.405. The van der Waals surface area contributed by atoms with Gasteiger partial charge in [-0.1, -0.05) is 12.1 Å². The fraction of sp³-hybridized carbons (Fsp3) is 0.280. The lowest BCUT2D eigenvalue weighted by molar-refractivity contribution is 0.0950. The van der Waals surface area contributed by atoms with E-state index in [0.717, 1.165) is 40.5 Å². The smallest absolute Gasteiger partial charge is 0.258 e. The summed E-state index contributed by atoms with van der Waals surface area (Å²) in [7, 11) is 1.83. The molecule has 0 saturated carbocycles. The van der Waals surface area contributed by atoms with Crippen LogP contribution in [0.5, 0.6) is 0 Å². The van der Waals surface area contributed by atoms with E-state index < -0.39 is 5.91 Å². The molecule has 0 atom stereocenters. The van der Waals surface area contributed by atoms with E-state index in [1.165, 1.54) is 11.3 Å². The van der Waals surface area contributed by atoms with Gasteiger partial charge in [-0.15, -0.1) is 11.3 Å². The first-order valence-electron chi connectivity index (χ1n) is 11.5. The standard InChI is InChI=1S/C25H24N6O3S/c1-15-13-16(29(2)28-15)14-26-24(33)21-22(32)17-7-8-20(30-9-11-34-12-10-30)27-23(17)31-18-5-3-4-6-19(18)35-25(21)31/h3-8,13H,9-12,14H2,1-2H3,(H,26,33). The molecule has 1 amide bonds. The van der Waals surface area contributed by atoms with Crippen LogP contribution in [0.4, 0.5) is 5.82 Å². The number of aryl methyl sites for hydroxylation is 2. The van der Waals surface area contributed by atoms with Crippen molar-refractivity contribution in [1.82, 2.24) is 24.5 Å². The summed E-state index contributed by atoms with van der Waals surface area (Å²) >= 11 is 1.43. The summed E-state index contributed by atoms with van der Waals surface area (Å²) in [6.07, 6.45) is 0. The van der Waals surface area contributed by atoms with Gasteiger partial charge in [-0.3, -0.25) is 18.7 Å². The zero-order chi connectivity index (χ0) is 24.1. The third-order valence-corrected chi connectivity index (χ3v) is 7.51. The molecule has 0 unspecified atom stereocenters. The van der Waals surface area contributed by atoms with Gasteiger partial charge >= 0.3 is 0 Å². The summed E-state index contributed by atoms with van der Waals surface area (Å²) < 4.78 is 10.1. The topological polar surface area (TPSA) is 93.8 Å². The number of thiazole rings is 1. The molecule has 6 rings (SSSR count). The highest BCUT2D eigenvalue weighted by Gasteiger charge is 2.24. The fourth-order valence-corrected chi connectivity index (χ4v) is 5.82. The number of nitrogens with one attached hydrogen (secondary N) is 1. The van der Waals surface area contributed by atoms with Crippen molar-refractivity contribution in [3.63, 3.8) is 0 Å². The van der Waals surface area contributed by atoms with Crippen molar-refractivity contribution in [3.05, 3.63) is 69.6 Å². The number of ether oxygens (including phenoxy) is 1. The molecule has 1 fully saturated rings. The zero-order valence-corrected chi connectivity index (χ0v) is 20.3. The van der Waals surface area contributed by atoms with Crippen molar-refractivity contribution in [2.24, 2.45) is 7.05 Å². The molecule has 0 bridgehead atoms. The van der Waals surface area contributed by atoms with Crippen LogP contribution in [-0.4, -0.2) is 51.4 Å². The van der Waals surface area contributed by atoms with E-state index in [-0.39, 0.29) is 17.5 Å². The number of aromatic nitrogens is 4. The Bertz CT molecular complexity index is 1660. The van der Waals surface area contributed by atoms with Gasteiger partial charge in [-0.05, 0) is 37.3 Å². The second-order valence-electron chi connectivity index (χ2n) is 8.64. The molecular formula is C25H24N6O3S. The molecule has 1 aliphatic heterocycles. The number of rotatable bonds is 4. The highest BCUT2D eigenvalue weighted by atomic mass is 32.1. The highest BCUT2D eigenvalue weighted by molar-refractivity contribution is 7.24. The predicted molar refractivity (Wildman–Crippen MR) is 136 cm³/mol. The fourth-order valence-electron chi connectivity index (χ4n) is 4.64. The SMILES string of the molecule is Cc1cc(CNC(=O)c2c(=O)c3ccc(N4CCOCC4)nc3n3c2sc2ccccc23)n(C)n1. The van der Waals surface area contributed by atoms with Crippen LogP contribution in [0, 0.1) is 6.92 Å². The number of benzene rings is 1. The second-order valence-corrected chi connectivity index (χ2v) is 9.67. The maximum absolute atomic E-state index is 13.7. The third-order valence-electron chi connectivity index (χ3n) is 6.36. The number of hydrogen-bond donors (Lipinski definition) is 1. The first-order valence-corrected chi connectivity index (χ1v) is 12.3. The Labute approximate surface area is 204 Å². The van der Waals surface area contributed by atoms with Gasteiger partial charge < -0.3 is 15.0 Å². The molecule has 5 aromatic rings. The van der Waals surface area contributed by atoms with Crippen LogP contribution in [-0.2, 0) is 18.3 Å². The molecule has 178 valence electrons. The van der Waals surface area contributed by atoms with Crippen molar-refractivity contribution < 1.29 is 9.53 Å². The van der Waals surface area contributed by atoms with Gasteiger partial charge in [0.25, 0.3) is 5.91 Å². The van der Waals surface area contributed by atoms with Gasteiger partial charge in [0, 0.05) is 20.1 Å². The Morgan fingerprint density at radius 3 is 2.74 bits per heavy atom. The maximum Gasteiger partial charge on any atom is 0.258 e. The maximum atomic E-state index is 13.7. The van der Waals surface area contributed by atoms with Crippen LogP contribution in [0.3, 0.4) is 0 Å². The van der Waals surface area contributed by atoms with E-state index in [4.69, 9.17) is 9.72 Å². The predicted octanol–water partition coefficient (Wildman–Crippen LogP) is 2.87. The number of morpholine rings is 1. The van der Waals surface area contributed by atoms with Gasteiger partial charge in [0.1, 0.15) is 16.2 Å². The number of amides is 1. The minimum absolute atomic E-state index is 0.138. The van der Waals surface area contributed by atoms with Gasteiger partial charge in [-0.25, -0.2) is 4.98 Å². The molecule has 1 N–H and O–H groups in total. The van der Waals surface area contributed by atoms with Crippen molar-refractivity contribution in [2.75, 3.05) is 31.2 Å². The van der Waals surface area contributed by atoms with E-state index >= 15 is 0 Å². The number of carbonyl (C=O) groups excluding carboxylic acids is 1. The number of fused-ring (bicyclic) bond motifs is 5. The molecule has 10 heteroatoms. The van der Waals surface area contributed by atoms with Crippen molar-refractivity contribution in [1.29, 1.82) is 0 Å². The molecule has 1 aliphatic rings. The lowest BCUT2D eigenvalue weighted by Gasteiger charge is -2.27. The van der Waals surface area contributed by atoms with E-state index in [2.05, 4.69) is 15.3 Å². The Morgan fingerprint density at radius 1 is 1.17 bits per heavy atom. The molecule has 0 aliphatic carbocycles. The molecular weight excluding hydrogens is 464 g/mol. The van der Waals surface area contributed by atoms with Crippen molar-refractivity contribution >= 4 is 49.1 Å². The Kier molecular flexibility index (Phi) is 5.27. The van der Waals surface area contributed by atoms with Gasteiger partial charge in [0.15, 0.2) is 5.65 Å². The Morgan fingerprint density at radius 2 is 1.97 bits per heavy atom. The summed E-state index contributed by atoms with van der Waals surface area (Å²) in [5.74, 6) is 0.394. The minimum Gasteiger partial charge on any atom is -0.378 e. The third kappa shape index (κ3) is 3.65. The number of nitrogens with zero attached hydrogens (tertiary/aromatic N) is 5. The van der Waals surface area contributed by atoms with E-state index in [0.29, 0.717) is 29.1 Å². The largest absolute Gasteiger partial charge is 0.378 e. The normalized spacial score (nSPS) is 14.3. The lowest BCUT2D eigenvalue weighted by atomic mass is 10.1. The average Bonchev–Trinajstić information content (AvgIpc) is 3.41. The number of hydrogen-bond acceptors (Lipinski definition) is 7. The van der Waals surface area contributed by atoms with Crippen molar-refractivity contribution in [3.8, 4) is 0 Å². The summed E-state index contributed by atoms with van der Waals surface area (Å²) in [5.41, 5.74) is 3.04. The van der Waals surface area contributed by atoms with Gasteiger partial charge in [0.2, 0.25) is 5.43 Å². The summed E-state index contributed by atoms with van der Waals surface area (Å²) in [4.78, 5) is 34.8. The monoisotopic (exact) mass is 488 g/mol. The molecule has 1 aromatic carbocycles. The molecule has 1 saturated heterocycles. The molecule has 4 aromatic heterocycles. The van der Waals surface area contributed by atoms with Crippen LogP contribution < -0.4 is 15.6 Å². The van der Waals surface area contributed by atoms with Crippen LogP contribution in [0.15, 0.2) is 47.3 Å². The molecule has 35 heavy (non-hydrogen) atoms. The Hall–Kier alpha value is -3.76. The first-order chi connectivity index (χ1) is 17.0. The van der Waals surface area contributed by atoms with E-state index in [1.807, 2.05) is 54.8 Å². The molecule has 0 spiro atoms. The van der Waals surface area contributed by atoms with Crippen LogP contribution in [0.2, 0.25) is 0 Å². The first kappa shape index (κ1) is 21.8. The molecule has 0 radical (unpaired) electrons. The van der Waals surface area contributed by atoms with Crippen molar-refractivity contribution in [2.45, 2.75) is 13.5 Å². The van der Waals surface area contributed by atoms with Gasteiger partial charge in [0.05, 0.1) is 46.7 Å². The van der Waals surface area contributed by atoms with Gasteiger partial charge in [-0.2, -0.15) is 5.10 Å². The quantitative estimate of drug-likeness (QED) is 0.418. The van der Waals surface area contributed by atoms with Crippen LogP contribution >= 0.6 is 11.3 Å². The number of pyridine rings is 2. The lowest BCUT2D eigenvalue weighted by Crippen LogP contribution is -2.36. The summed E-state index contributed by atoms with van der Waals surface area (Å²) in [5, 5.41) is 7.67. The highest BCUT2D eigenvalue weighted by Crippen LogP contribution is 2.31.